The summed E-state index contributed by atoms with van der Waals surface area (Å²) in [6, 6.07) is 15.4. The number of benzene rings is 3. The van der Waals surface area contributed by atoms with Gasteiger partial charge in [-0.15, -0.1) is 23.1 Å². The van der Waals surface area contributed by atoms with E-state index in [0.717, 1.165) is 42.9 Å². The highest BCUT2D eigenvalue weighted by Crippen LogP contribution is 2.40. The number of hydrogen-bond donors (Lipinski definition) is 2. The standard InChI is InChI=1S/C21H15N3O5S3/c25-21(26)17-10-30-19(23-17)20-22-16-8-1-11-9-13(4-7-15(11)18(16)31-20)29-32-14-5-2-12(3-6-14)24(27)28/h1-9,17,19,23H,10H2,(H,25,26). The van der Waals surface area contributed by atoms with Crippen LogP contribution >= 0.6 is 35.1 Å². The topological polar surface area (TPSA) is 115 Å². The minimum atomic E-state index is -0.842. The molecule has 11 heteroatoms. The number of aromatic nitrogens is 1. The maximum atomic E-state index is 11.2. The van der Waals surface area contributed by atoms with E-state index in [-0.39, 0.29) is 11.1 Å². The van der Waals surface area contributed by atoms with Gasteiger partial charge < -0.3 is 9.29 Å². The number of carboxylic acid groups (broad SMARTS) is 1. The Morgan fingerprint density at radius 3 is 2.75 bits per heavy atom. The Morgan fingerprint density at radius 2 is 2.03 bits per heavy atom. The maximum absolute atomic E-state index is 11.2. The van der Waals surface area contributed by atoms with Crippen LogP contribution in [0.2, 0.25) is 0 Å². The van der Waals surface area contributed by atoms with Gasteiger partial charge >= 0.3 is 5.97 Å². The smallest absolute Gasteiger partial charge is 0.321 e. The highest BCUT2D eigenvalue weighted by atomic mass is 32.2. The van der Waals surface area contributed by atoms with Crippen molar-refractivity contribution in [3.05, 3.63) is 69.7 Å². The molecule has 2 atom stereocenters. The molecule has 3 aromatic carbocycles. The molecule has 1 aromatic heterocycles. The van der Waals surface area contributed by atoms with Crippen molar-refractivity contribution in [3.8, 4) is 5.75 Å². The van der Waals surface area contributed by atoms with Crippen LogP contribution < -0.4 is 9.50 Å². The number of carboxylic acids is 1. The van der Waals surface area contributed by atoms with E-state index in [1.54, 1.807) is 35.2 Å². The lowest BCUT2D eigenvalue weighted by atomic mass is 10.1. The molecule has 1 fully saturated rings. The monoisotopic (exact) mass is 485 g/mol. The van der Waals surface area contributed by atoms with Gasteiger partial charge in [-0.3, -0.25) is 20.2 Å². The summed E-state index contributed by atoms with van der Waals surface area (Å²) in [4.78, 5) is 27.0. The van der Waals surface area contributed by atoms with Crippen molar-refractivity contribution in [2.45, 2.75) is 16.3 Å². The largest absolute Gasteiger partial charge is 0.480 e. The molecule has 1 aliphatic rings. The number of fused-ring (bicyclic) bond motifs is 3. The van der Waals surface area contributed by atoms with Gasteiger partial charge in [0.25, 0.3) is 5.69 Å². The number of nitrogens with one attached hydrogen (secondary N) is 1. The van der Waals surface area contributed by atoms with Crippen LogP contribution in [0, 0.1) is 10.1 Å². The molecule has 8 nitrogen and oxygen atoms in total. The zero-order chi connectivity index (χ0) is 22.2. The van der Waals surface area contributed by atoms with Crippen LogP contribution in [0.15, 0.2) is 59.5 Å². The van der Waals surface area contributed by atoms with Gasteiger partial charge in [-0.2, -0.15) is 0 Å². The predicted molar refractivity (Wildman–Crippen MR) is 126 cm³/mol. The van der Waals surface area contributed by atoms with E-state index in [2.05, 4.69) is 5.32 Å². The van der Waals surface area contributed by atoms with E-state index in [4.69, 9.17) is 9.17 Å². The van der Waals surface area contributed by atoms with Crippen molar-refractivity contribution >= 4 is 67.8 Å². The van der Waals surface area contributed by atoms with Crippen molar-refractivity contribution in [1.29, 1.82) is 0 Å². The number of nitrogens with zero attached hydrogens (tertiary/aromatic N) is 2. The maximum Gasteiger partial charge on any atom is 0.321 e. The van der Waals surface area contributed by atoms with Crippen molar-refractivity contribution < 1.29 is 19.0 Å². The third-order valence-corrected chi connectivity index (χ3v) is 8.22. The van der Waals surface area contributed by atoms with Gasteiger partial charge in [-0.25, -0.2) is 4.98 Å². The summed E-state index contributed by atoms with van der Waals surface area (Å²) in [5.41, 5.74) is 0.922. The molecule has 1 saturated heterocycles. The first-order chi connectivity index (χ1) is 15.5. The molecule has 5 rings (SSSR count). The predicted octanol–water partition coefficient (Wildman–Crippen LogP) is 5.23. The zero-order valence-corrected chi connectivity index (χ0v) is 18.7. The molecular formula is C21H15N3O5S3. The van der Waals surface area contributed by atoms with E-state index in [0.29, 0.717) is 11.5 Å². The van der Waals surface area contributed by atoms with Crippen LogP contribution in [0.3, 0.4) is 0 Å². The first kappa shape index (κ1) is 21.0. The Kier molecular flexibility index (Phi) is 5.64. The number of hydrogen-bond acceptors (Lipinski definition) is 9. The summed E-state index contributed by atoms with van der Waals surface area (Å²) in [7, 11) is 0. The normalized spacial score (nSPS) is 18.2. The third-order valence-electron chi connectivity index (χ3n) is 4.94. The van der Waals surface area contributed by atoms with E-state index in [1.807, 2.05) is 30.3 Å². The fourth-order valence-electron chi connectivity index (χ4n) is 3.35. The SMILES string of the molecule is O=C(O)C1CSC(c2nc3ccc4cc(OSc5ccc([N+](=O)[O-])cc5)ccc4c3s2)N1. The van der Waals surface area contributed by atoms with E-state index < -0.39 is 16.9 Å². The summed E-state index contributed by atoms with van der Waals surface area (Å²) < 4.78 is 6.85. The second-order valence-electron chi connectivity index (χ2n) is 7.04. The molecule has 4 aromatic rings. The summed E-state index contributed by atoms with van der Waals surface area (Å²) in [5, 5.41) is 25.9. The van der Waals surface area contributed by atoms with Gasteiger partial charge in [-0.05, 0) is 41.8 Å². The molecule has 0 aliphatic carbocycles. The Balaban J connectivity index is 1.35. The molecule has 162 valence electrons. The molecule has 2 heterocycles. The van der Waals surface area contributed by atoms with Gasteiger partial charge in [0.05, 0.1) is 27.2 Å². The highest BCUT2D eigenvalue weighted by molar-refractivity contribution is 7.99. The summed E-state index contributed by atoms with van der Waals surface area (Å²) in [5.74, 6) is 0.344. The Morgan fingerprint density at radius 1 is 1.22 bits per heavy atom. The third kappa shape index (κ3) is 4.11. The van der Waals surface area contributed by atoms with Crippen LogP contribution in [0.5, 0.6) is 5.75 Å². The lowest BCUT2D eigenvalue weighted by molar-refractivity contribution is -0.384. The fraction of sp³-hybridized carbons (Fsp3) is 0.143. The number of nitro benzene ring substituents is 1. The summed E-state index contributed by atoms with van der Waals surface area (Å²) >= 11 is 4.27. The second kappa shape index (κ2) is 8.58. The van der Waals surface area contributed by atoms with Gasteiger partial charge in [0.2, 0.25) is 0 Å². The molecule has 0 bridgehead atoms. The molecule has 1 aliphatic heterocycles. The van der Waals surface area contributed by atoms with Crippen molar-refractivity contribution in [1.82, 2.24) is 10.3 Å². The Labute approximate surface area is 194 Å². The number of thioether (sulfide) groups is 1. The van der Waals surface area contributed by atoms with Gasteiger partial charge in [-0.1, -0.05) is 6.07 Å². The van der Waals surface area contributed by atoms with Crippen molar-refractivity contribution in [3.63, 3.8) is 0 Å². The van der Waals surface area contributed by atoms with Crippen LogP contribution in [0.4, 0.5) is 5.69 Å². The minimum Gasteiger partial charge on any atom is -0.480 e. The lowest BCUT2D eigenvalue weighted by Gasteiger charge is -2.06. The number of thiazole rings is 1. The van der Waals surface area contributed by atoms with E-state index in [9.17, 15) is 20.0 Å². The second-order valence-corrected chi connectivity index (χ2v) is 10.0. The number of nitro groups is 1. The van der Waals surface area contributed by atoms with Crippen LogP contribution in [-0.2, 0) is 4.79 Å². The fourth-order valence-corrected chi connectivity index (χ4v) is 6.36. The molecule has 2 N–H and O–H groups in total. The van der Waals surface area contributed by atoms with Gasteiger partial charge in [0.15, 0.2) is 0 Å². The highest BCUT2D eigenvalue weighted by Gasteiger charge is 2.32. The number of carbonyl (C=O) groups is 1. The molecule has 2 unspecified atom stereocenters. The molecule has 32 heavy (non-hydrogen) atoms. The molecule has 0 radical (unpaired) electrons. The molecule has 0 amide bonds. The zero-order valence-electron chi connectivity index (χ0n) is 16.3. The first-order valence-corrected chi connectivity index (χ1v) is 12.1. The summed E-state index contributed by atoms with van der Waals surface area (Å²) in [6.45, 7) is 0. The average molecular weight is 486 g/mol. The van der Waals surface area contributed by atoms with Crippen LogP contribution in [0.25, 0.3) is 21.0 Å². The Hall–Kier alpha value is -2.86. The van der Waals surface area contributed by atoms with Gasteiger partial charge in [0.1, 0.15) is 22.2 Å². The first-order valence-electron chi connectivity index (χ1n) is 9.50. The number of rotatable bonds is 6. The molecule has 0 saturated carbocycles. The summed E-state index contributed by atoms with van der Waals surface area (Å²) in [6.07, 6.45) is 0. The average Bonchev–Trinajstić information content (AvgIpc) is 3.45. The number of non-ortho nitro benzene ring substituents is 1. The van der Waals surface area contributed by atoms with Crippen molar-refractivity contribution in [2.24, 2.45) is 0 Å². The van der Waals surface area contributed by atoms with Crippen LogP contribution in [-0.4, -0.2) is 32.8 Å². The van der Waals surface area contributed by atoms with E-state index >= 15 is 0 Å². The van der Waals surface area contributed by atoms with Crippen LogP contribution in [0.1, 0.15) is 10.4 Å². The molecular weight excluding hydrogens is 470 g/mol. The minimum absolute atomic E-state index is 0.0395. The number of aliphatic carboxylic acids is 1. The Bertz CT molecular complexity index is 1340. The van der Waals surface area contributed by atoms with E-state index in [1.165, 1.54) is 12.1 Å². The molecule has 0 spiro atoms. The lowest BCUT2D eigenvalue weighted by Crippen LogP contribution is -2.33. The quantitative estimate of drug-likeness (QED) is 0.215. The van der Waals surface area contributed by atoms with Crippen molar-refractivity contribution in [2.75, 3.05) is 5.75 Å². The van der Waals surface area contributed by atoms with Gasteiger partial charge in [0, 0.05) is 28.2 Å².